The van der Waals surface area contributed by atoms with Crippen molar-refractivity contribution in [2.75, 3.05) is 19.7 Å². The summed E-state index contributed by atoms with van der Waals surface area (Å²) in [5.41, 5.74) is 6.73. The molecule has 1 aromatic rings. The third-order valence-corrected chi connectivity index (χ3v) is 4.38. The summed E-state index contributed by atoms with van der Waals surface area (Å²) in [5.74, 6) is 0.0741. The van der Waals surface area contributed by atoms with Crippen molar-refractivity contribution in [3.05, 3.63) is 29.8 Å². The predicted molar refractivity (Wildman–Crippen MR) is 93.0 cm³/mol. The van der Waals surface area contributed by atoms with Crippen LogP contribution in [0.4, 0.5) is 8.78 Å². The molecule has 0 aromatic heterocycles. The molecular formula is C17H25ClF2N2O3. The van der Waals surface area contributed by atoms with Gasteiger partial charge in [-0.2, -0.15) is 8.78 Å². The van der Waals surface area contributed by atoms with Crippen molar-refractivity contribution in [1.82, 2.24) is 4.90 Å². The smallest absolute Gasteiger partial charge is 0.387 e. The first-order valence-corrected chi connectivity index (χ1v) is 8.13. The molecule has 1 saturated heterocycles. The van der Waals surface area contributed by atoms with Crippen molar-refractivity contribution in [3.8, 4) is 5.75 Å². The predicted octanol–water partition coefficient (Wildman–Crippen LogP) is 2.98. The largest absolute Gasteiger partial charge is 0.435 e. The molecule has 25 heavy (non-hydrogen) atoms. The molecule has 142 valence electrons. The summed E-state index contributed by atoms with van der Waals surface area (Å²) < 4.78 is 34.8. The number of hydrogen-bond donors (Lipinski definition) is 1. The van der Waals surface area contributed by atoms with Gasteiger partial charge in [0.1, 0.15) is 11.9 Å². The monoisotopic (exact) mass is 378 g/mol. The second-order valence-corrected chi connectivity index (χ2v) is 6.01. The van der Waals surface area contributed by atoms with Crippen molar-refractivity contribution in [1.29, 1.82) is 0 Å². The summed E-state index contributed by atoms with van der Waals surface area (Å²) in [6.07, 6.45) is 0.446. The maximum Gasteiger partial charge on any atom is 0.387 e. The average molecular weight is 379 g/mol. The van der Waals surface area contributed by atoms with E-state index in [1.807, 2.05) is 13.8 Å². The van der Waals surface area contributed by atoms with Gasteiger partial charge in [0.05, 0.1) is 19.2 Å². The zero-order valence-corrected chi connectivity index (χ0v) is 15.2. The van der Waals surface area contributed by atoms with Crippen molar-refractivity contribution < 1.29 is 23.0 Å². The third kappa shape index (κ3) is 5.80. The number of hydrogen-bond acceptors (Lipinski definition) is 4. The number of carbonyl (C=O) groups is 1. The zero-order valence-electron chi connectivity index (χ0n) is 14.4. The Kier molecular flexibility index (Phi) is 8.55. The Balaban J connectivity index is 0.00000312. The molecule has 2 rings (SSSR count). The van der Waals surface area contributed by atoms with Gasteiger partial charge in [0.2, 0.25) is 5.91 Å². The van der Waals surface area contributed by atoms with Gasteiger partial charge < -0.3 is 20.1 Å². The molecule has 1 heterocycles. The zero-order chi connectivity index (χ0) is 17.7. The number of halogens is 3. The molecular weight excluding hydrogens is 354 g/mol. The molecule has 1 amide bonds. The van der Waals surface area contributed by atoms with Crippen LogP contribution in [0.25, 0.3) is 0 Å². The van der Waals surface area contributed by atoms with E-state index in [9.17, 15) is 13.6 Å². The molecule has 1 aliphatic heterocycles. The Morgan fingerprint density at radius 1 is 1.48 bits per heavy atom. The number of carbonyl (C=O) groups excluding carboxylic acids is 1. The molecule has 1 fully saturated rings. The molecule has 0 radical (unpaired) electrons. The number of nitrogens with zero attached hydrogens (tertiary/aromatic N) is 1. The fourth-order valence-corrected chi connectivity index (χ4v) is 2.65. The van der Waals surface area contributed by atoms with E-state index < -0.39 is 12.7 Å². The van der Waals surface area contributed by atoms with Crippen LogP contribution >= 0.6 is 12.4 Å². The molecule has 8 heteroatoms. The lowest BCUT2D eigenvalue weighted by molar-refractivity contribution is -0.141. The molecule has 5 nitrogen and oxygen atoms in total. The summed E-state index contributed by atoms with van der Waals surface area (Å²) in [6.45, 7) is 2.27. The van der Waals surface area contributed by atoms with E-state index in [1.54, 1.807) is 17.0 Å². The lowest BCUT2D eigenvalue weighted by Gasteiger charge is -2.35. The fraction of sp³-hybridized carbons (Fsp3) is 0.588. The highest BCUT2D eigenvalue weighted by Crippen LogP contribution is 2.26. The molecule has 0 aliphatic carbocycles. The van der Waals surface area contributed by atoms with Crippen molar-refractivity contribution in [2.45, 2.75) is 39.0 Å². The van der Waals surface area contributed by atoms with Crippen molar-refractivity contribution in [3.63, 3.8) is 0 Å². The lowest BCUT2D eigenvalue weighted by Crippen LogP contribution is -2.51. The molecule has 3 unspecified atom stereocenters. The number of rotatable bonds is 6. The van der Waals surface area contributed by atoms with Crippen LogP contribution in [-0.2, 0) is 9.53 Å². The second-order valence-electron chi connectivity index (χ2n) is 6.01. The van der Waals surface area contributed by atoms with Crippen LogP contribution in [0.2, 0.25) is 0 Å². The number of alkyl halides is 2. The maximum atomic E-state index is 12.5. The summed E-state index contributed by atoms with van der Waals surface area (Å²) in [7, 11) is 0. The van der Waals surface area contributed by atoms with Gasteiger partial charge in [-0.1, -0.05) is 32.4 Å². The van der Waals surface area contributed by atoms with Gasteiger partial charge in [-0.25, -0.2) is 0 Å². The molecule has 1 aromatic carbocycles. The van der Waals surface area contributed by atoms with Gasteiger partial charge in [-0.15, -0.1) is 12.4 Å². The minimum atomic E-state index is -2.88. The van der Waals surface area contributed by atoms with E-state index in [0.717, 1.165) is 6.42 Å². The van der Waals surface area contributed by atoms with Gasteiger partial charge in [-0.3, -0.25) is 4.79 Å². The molecule has 0 saturated carbocycles. The molecule has 1 aliphatic rings. The normalized spacial score (nSPS) is 19.9. The van der Waals surface area contributed by atoms with Crippen LogP contribution in [0.3, 0.4) is 0 Å². The third-order valence-electron chi connectivity index (χ3n) is 4.38. The van der Waals surface area contributed by atoms with Gasteiger partial charge in [0, 0.05) is 6.54 Å². The van der Waals surface area contributed by atoms with Gasteiger partial charge in [0.25, 0.3) is 0 Å². The van der Waals surface area contributed by atoms with Crippen LogP contribution in [0.1, 0.15) is 31.9 Å². The van der Waals surface area contributed by atoms with Gasteiger partial charge in [0.15, 0.2) is 0 Å². The number of nitrogens with two attached hydrogens (primary N) is 1. The van der Waals surface area contributed by atoms with E-state index in [1.165, 1.54) is 12.1 Å². The highest BCUT2D eigenvalue weighted by molar-refractivity contribution is 5.85. The van der Waals surface area contributed by atoms with Crippen LogP contribution in [-0.4, -0.2) is 43.2 Å². The van der Waals surface area contributed by atoms with Crippen LogP contribution < -0.4 is 10.5 Å². The highest BCUT2D eigenvalue weighted by Gasteiger charge is 2.30. The first-order chi connectivity index (χ1) is 11.4. The lowest BCUT2D eigenvalue weighted by atomic mass is 9.98. The first-order valence-electron chi connectivity index (χ1n) is 8.13. The van der Waals surface area contributed by atoms with E-state index in [2.05, 4.69) is 4.74 Å². The molecule has 0 spiro atoms. The number of morpholine rings is 1. The van der Waals surface area contributed by atoms with Crippen LogP contribution in [0, 0.1) is 5.92 Å². The van der Waals surface area contributed by atoms with E-state index in [0.29, 0.717) is 25.3 Å². The first kappa shape index (κ1) is 21.6. The summed E-state index contributed by atoms with van der Waals surface area (Å²) >= 11 is 0. The van der Waals surface area contributed by atoms with Crippen LogP contribution in [0.15, 0.2) is 24.3 Å². The Bertz CT molecular complexity index is 562. The molecule has 3 atom stereocenters. The van der Waals surface area contributed by atoms with E-state index in [4.69, 9.17) is 10.5 Å². The van der Waals surface area contributed by atoms with Crippen molar-refractivity contribution >= 4 is 18.3 Å². The van der Waals surface area contributed by atoms with E-state index in [-0.39, 0.29) is 36.1 Å². The van der Waals surface area contributed by atoms with Gasteiger partial charge >= 0.3 is 6.61 Å². The highest BCUT2D eigenvalue weighted by atomic mass is 35.5. The SMILES string of the molecule is CCC(C)C(N)C(=O)N1CCOC(c2cccc(OC(F)F)c2)C1.Cl. The Morgan fingerprint density at radius 3 is 2.84 bits per heavy atom. The molecule has 2 N–H and O–H groups in total. The Morgan fingerprint density at radius 2 is 2.20 bits per heavy atom. The number of ether oxygens (including phenoxy) is 2. The quantitative estimate of drug-likeness (QED) is 0.826. The van der Waals surface area contributed by atoms with E-state index >= 15 is 0 Å². The summed E-state index contributed by atoms with van der Waals surface area (Å²) in [6, 6.07) is 5.83. The Labute approximate surface area is 152 Å². The number of benzene rings is 1. The summed E-state index contributed by atoms with van der Waals surface area (Å²) in [4.78, 5) is 14.2. The minimum absolute atomic E-state index is 0. The molecule has 0 bridgehead atoms. The maximum absolute atomic E-state index is 12.5. The Hall–Kier alpha value is -1.44. The van der Waals surface area contributed by atoms with Crippen LogP contribution in [0.5, 0.6) is 5.75 Å². The second kappa shape index (κ2) is 9.89. The average Bonchev–Trinajstić information content (AvgIpc) is 2.59. The minimum Gasteiger partial charge on any atom is -0.435 e. The summed E-state index contributed by atoms with van der Waals surface area (Å²) in [5, 5.41) is 0. The standard InChI is InChI=1S/C17H24F2N2O3.ClH/c1-3-11(2)15(20)16(22)21-7-8-23-14(10-21)12-5-4-6-13(9-12)24-17(18)19;/h4-6,9,11,14-15,17H,3,7-8,10,20H2,1-2H3;1H. The fourth-order valence-electron chi connectivity index (χ4n) is 2.65. The van der Waals surface area contributed by atoms with Gasteiger partial charge in [-0.05, 0) is 23.6 Å². The topological polar surface area (TPSA) is 64.8 Å². The van der Waals surface area contributed by atoms with Crippen molar-refractivity contribution in [2.24, 2.45) is 11.7 Å². The number of amides is 1.